The van der Waals surface area contributed by atoms with Gasteiger partial charge in [0.2, 0.25) is 16.8 Å². The number of hydrogen-bond donors (Lipinski definition) is 0. The fourth-order valence-electron chi connectivity index (χ4n) is 2.87. The minimum absolute atomic E-state index is 0.209. The fourth-order valence-corrected chi connectivity index (χ4v) is 4.34. The molecule has 0 aromatic heterocycles. The second kappa shape index (κ2) is 7.14. The summed E-state index contributed by atoms with van der Waals surface area (Å²) in [6, 6.07) is 12.2. The number of sulfonamides is 1. The Kier molecular flexibility index (Phi) is 4.71. The molecule has 8 heteroatoms. The first kappa shape index (κ1) is 17.1. The van der Waals surface area contributed by atoms with E-state index in [1.165, 1.54) is 4.31 Å². The molecule has 2 heterocycles. The van der Waals surface area contributed by atoms with Gasteiger partial charge in [-0.2, -0.15) is 4.31 Å². The lowest BCUT2D eigenvalue weighted by atomic mass is 10.2. The van der Waals surface area contributed by atoms with Crippen LogP contribution in [0.2, 0.25) is 0 Å². The van der Waals surface area contributed by atoms with E-state index in [-0.39, 0.29) is 18.3 Å². The van der Waals surface area contributed by atoms with Crippen molar-refractivity contribution in [3.05, 3.63) is 48.0 Å². The summed E-state index contributed by atoms with van der Waals surface area (Å²) >= 11 is 0. The lowest BCUT2D eigenvalue weighted by molar-refractivity contribution is 0.0730. The molecule has 0 radical (unpaired) electrons. The Labute approximate surface area is 152 Å². The molecule has 2 aliphatic heterocycles. The molecule has 0 amide bonds. The van der Waals surface area contributed by atoms with Crippen LogP contribution in [0.1, 0.15) is 5.56 Å². The monoisotopic (exact) mass is 377 g/mol. The molecule has 0 bridgehead atoms. The van der Waals surface area contributed by atoms with Crippen molar-refractivity contribution in [1.82, 2.24) is 4.31 Å². The zero-order chi connectivity index (χ0) is 18.0. The van der Waals surface area contributed by atoms with Gasteiger partial charge in [0.25, 0.3) is 0 Å². The first-order chi connectivity index (χ1) is 12.6. The highest BCUT2D eigenvalue weighted by molar-refractivity contribution is 7.89. The maximum atomic E-state index is 12.7. The van der Waals surface area contributed by atoms with E-state index >= 15 is 0 Å². The lowest BCUT2D eigenvalue weighted by Crippen LogP contribution is -2.40. The Morgan fingerprint density at radius 2 is 1.81 bits per heavy atom. The molecule has 2 aliphatic rings. The third-order valence-electron chi connectivity index (χ3n) is 4.26. The average molecular weight is 377 g/mol. The van der Waals surface area contributed by atoms with Gasteiger partial charge < -0.3 is 18.9 Å². The fraction of sp³-hybridized carbons (Fsp3) is 0.333. The largest absolute Gasteiger partial charge is 0.489 e. The molecule has 2 aromatic rings. The minimum Gasteiger partial charge on any atom is -0.489 e. The molecule has 2 aromatic carbocycles. The summed E-state index contributed by atoms with van der Waals surface area (Å²) in [7, 11) is -3.51. The van der Waals surface area contributed by atoms with E-state index in [1.807, 2.05) is 6.07 Å². The van der Waals surface area contributed by atoms with E-state index in [9.17, 15) is 8.42 Å². The molecular weight excluding hydrogens is 358 g/mol. The molecule has 4 rings (SSSR count). The highest BCUT2D eigenvalue weighted by Gasteiger charge is 2.26. The molecule has 0 unspecified atom stereocenters. The van der Waals surface area contributed by atoms with E-state index in [2.05, 4.69) is 0 Å². The first-order valence-electron chi connectivity index (χ1n) is 8.32. The van der Waals surface area contributed by atoms with E-state index < -0.39 is 10.0 Å². The van der Waals surface area contributed by atoms with Crippen molar-refractivity contribution in [1.29, 1.82) is 0 Å². The predicted molar refractivity (Wildman–Crippen MR) is 92.9 cm³/mol. The Hall–Kier alpha value is -2.29. The number of ether oxygens (including phenoxy) is 4. The second-order valence-corrected chi connectivity index (χ2v) is 7.91. The van der Waals surface area contributed by atoms with Crippen LogP contribution in [0.4, 0.5) is 0 Å². The normalized spacial score (nSPS) is 17.2. The summed E-state index contributed by atoms with van der Waals surface area (Å²) in [5.41, 5.74) is 0.775. The second-order valence-electron chi connectivity index (χ2n) is 5.97. The zero-order valence-corrected chi connectivity index (χ0v) is 14.9. The topological polar surface area (TPSA) is 74.3 Å². The molecule has 138 valence electrons. The Balaban J connectivity index is 1.47. The highest BCUT2D eigenvalue weighted by Crippen LogP contribution is 2.35. The smallest absolute Gasteiger partial charge is 0.243 e. The van der Waals surface area contributed by atoms with Crippen molar-refractivity contribution in [2.24, 2.45) is 0 Å². The van der Waals surface area contributed by atoms with Gasteiger partial charge in [0.05, 0.1) is 18.1 Å². The molecule has 0 N–H and O–H groups in total. The van der Waals surface area contributed by atoms with Crippen molar-refractivity contribution < 1.29 is 27.4 Å². The summed E-state index contributed by atoms with van der Waals surface area (Å²) < 4.78 is 48.5. The van der Waals surface area contributed by atoms with Gasteiger partial charge in [0, 0.05) is 19.2 Å². The molecule has 0 saturated carbocycles. The van der Waals surface area contributed by atoms with Gasteiger partial charge in [-0.25, -0.2) is 8.42 Å². The van der Waals surface area contributed by atoms with Crippen LogP contribution in [0.25, 0.3) is 0 Å². The molecule has 1 saturated heterocycles. The van der Waals surface area contributed by atoms with Crippen molar-refractivity contribution >= 4 is 10.0 Å². The van der Waals surface area contributed by atoms with E-state index in [0.29, 0.717) is 43.6 Å². The SMILES string of the molecule is O=S(=O)(c1cccc(COc2ccc3c(c2)OCO3)c1)N1CCOCC1. The van der Waals surface area contributed by atoms with Crippen molar-refractivity contribution in [2.75, 3.05) is 33.1 Å². The van der Waals surface area contributed by atoms with Crippen molar-refractivity contribution in [2.45, 2.75) is 11.5 Å². The summed E-state index contributed by atoms with van der Waals surface area (Å²) in [5.74, 6) is 1.97. The van der Waals surface area contributed by atoms with Crippen LogP contribution in [-0.4, -0.2) is 45.8 Å². The maximum Gasteiger partial charge on any atom is 0.243 e. The van der Waals surface area contributed by atoms with Gasteiger partial charge in [-0.1, -0.05) is 12.1 Å². The molecule has 0 atom stereocenters. The minimum atomic E-state index is -3.51. The van der Waals surface area contributed by atoms with Crippen LogP contribution in [0.3, 0.4) is 0 Å². The molecule has 7 nitrogen and oxygen atoms in total. The molecule has 26 heavy (non-hydrogen) atoms. The van der Waals surface area contributed by atoms with Gasteiger partial charge in [0.1, 0.15) is 12.4 Å². The molecule has 0 spiro atoms. The third-order valence-corrected chi connectivity index (χ3v) is 6.15. The van der Waals surface area contributed by atoms with Crippen molar-refractivity contribution in [3.63, 3.8) is 0 Å². The summed E-state index contributed by atoms with van der Waals surface area (Å²) in [5, 5.41) is 0. The van der Waals surface area contributed by atoms with Crippen LogP contribution >= 0.6 is 0 Å². The number of hydrogen-bond acceptors (Lipinski definition) is 6. The van der Waals surface area contributed by atoms with Crippen LogP contribution in [0.15, 0.2) is 47.4 Å². The summed E-state index contributed by atoms with van der Waals surface area (Å²) in [6.45, 7) is 2.06. The van der Waals surface area contributed by atoms with E-state index in [1.54, 1.807) is 36.4 Å². The zero-order valence-electron chi connectivity index (χ0n) is 14.1. The number of morpholine rings is 1. The van der Waals surface area contributed by atoms with Gasteiger partial charge in [-0.15, -0.1) is 0 Å². The molecule has 0 aliphatic carbocycles. The van der Waals surface area contributed by atoms with Gasteiger partial charge >= 0.3 is 0 Å². The highest BCUT2D eigenvalue weighted by atomic mass is 32.2. The Morgan fingerprint density at radius 3 is 2.65 bits per heavy atom. The molecular formula is C18H19NO6S. The Bertz CT molecular complexity index is 892. The maximum absolute atomic E-state index is 12.7. The number of fused-ring (bicyclic) bond motifs is 1. The number of benzene rings is 2. The van der Waals surface area contributed by atoms with Crippen LogP contribution < -0.4 is 14.2 Å². The average Bonchev–Trinajstić information content (AvgIpc) is 3.15. The molecule has 1 fully saturated rings. The number of nitrogens with zero attached hydrogens (tertiary/aromatic N) is 1. The summed E-state index contributed by atoms with van der Waals surface area (Å²) in [6.07, 6.45) is 0. The van der Waals surface area contributed by atoms with Gasteiger partial charge in [-0.05, 0) is 29.8 Å². The third kappa shape index (κ3) is 3.48. The predicted octanol–water partition coefficient (Wildman–Crippen LogP) is 2.02. The van der Waals surface area contributed by atoms with Gasteiger partial charge in [-0.3, -0.25) is 0 Å². The van der Waals surface area contributed by atoms with Crippen LogP contribution in [0, 0.1) is 0 Å². The van der Waals surface area contributed by atoms with Crippen LogP contribution in [-0.2, 0) is 21.4 Å². The van der Waals surface area contributed by atoms with E-state index in [0.717, 1.165) is 5.56 Å². The number of rotatable bonds is 5. The van der Waals surface area contributed by atoms with Crippen LogP contribution in [0.5, 0.6) is 17.2 Å². The van der Waals surface area contributed by atoms with E-state index in [4.69, 9.17) is 18.9 Å². The first-order valence-corrected chi connectivity index (χ1v) is 9.76. The van der Waals surface area contributed by atoms with Gasteiger partial charge in [0.15, 0.2) is 11.5 Å². The Morgan fingerprint density at radius 1 is 1.00 bits per heavy atom. The standard InChI is InChI=1S/C18H19NO6S/c20-26(21,19-6-8-22-9-7-19)16-3-1-2-14(10-16)12-23-15-4-5-17-18(11-15)25-13-24-17/h1-5,10-11H,6-9,12-13H2. The lowest BCUT2D eigenvalue weighted by Gasteiger charge is -2.26. The quantitative estimate of drug-likeness (QED) is 0.794. The van der Waals surface area contributed by atoms with Crippen molar-refractivity contribution in [3.8, 4) is 17.2 Å². The summed E-state index contributed by atoms with van der Waals surface area (Å²) in [4.78, 5) is 0.270.